The highest BCUT2D eigenvalue weighted by Gasteiger charge is 2.34. The lowest BCUT2D eigenvalue weighted by Gasteiger charge is -2.34. The van der Waals surface area contributed by atoms with Crippen LogP contribution < -0.4 is 5.32 Å². The van der Waals surface area contributed by atoms with Crippen molar-refractivity contribution in [2.75, 3.05) is 13.6 Å². The van der Waals surface area contributed by atoms with Gasteiger partial charge in [0.15, 0.2) is 0 Å². The number of nitrogens with one attached hydrogen (secondary N) is 1. The quantitative estimate of drug-likeness (QED) is 0.802. The minimum atomic E-state index is 0.662. The normalized spacial score (nSPS) is 17.9. The Morgan fingerprint density at radius 3 is 2.71 bits per heavy atom. The summed E-state index contributed by atoms with van der Waals surface area (Å²) in [4.78, 5) is 4.21. The Bertz CT molecular complexity index is 317. The fourth-order valence-electron chi connectivity index (χ4n) is 2.45. The number of hydrogen-bond donors (Lipinski definition) is 1. The van der Waals surface area contributed by atoms with Gasteiger partial charge in [-0.05, 0) is 37.3 Å². The molecular formula is C14H24N2S. The third kappa shape index (κ3) is 3.54. The molecule has 96 valence electrons. The molecule has 1 fully saturated rings. The average molecular weight is 252 g/mol. The summed E-state index contributed by atoms with van der Waals surface area (Å²) in [5, 5.41) is 5.54. The van der Waals surface area contributed by atoms with Crippen molar-refractivity contribution in [2.24, 2.45) is 5.92 Å². The molecule has 0 bridgehead atoms. The van der Waals surface area contributed by atoms with Crippen molar-refractivity contribution in [1.29, 1.82) is 0 Å². The zero-order valence-electron chi connectivity index (χ0n) is 11.1. The molecule has 0 spiro atoms. The van der Waals surface area contributed by atoms with Crippen LogP contribution in [0.15, 0.2) is 17.5 Å². The maximum Gasteiger partial charge on any atom is 0.0334 e. The van der Waals surface area contributed by atoms with Crippen LogP contribution in [0.3, 0.4) is 0 Å². The third-order valence-electron chi connectivity index (χ3n) is 3.54. The molecule has 1 aromatic heterocycles. The van der Waals surface area contributed by atoms with E-state index in [0.717, 1.165) is 19.1 Å². The molecule has 1 saturated carbocycles. The maximum atomic E-state index is 3.35. The maximum absolute atomic E-state index is 3.35. The van der Waals surface area contributed by atoms with Crippen LogP contribution in [0.4, 0.5) is 0 Å². The second-order valence-electron chi connectivity index (χ2n) is 5.35. The summed E-state index contributed by atoms with van der Waals surface area (Å²) in [6.45, 7) is 6.91. The lowest BCUT2D eigenvalue weighted by atomic mass is 10.0. The molecule has 1 unspecified atom stereocenters. The molecule has 1 atom stereocenters. The first-order chi connectivity index (χ1) is 8.22. The van der Waals surface area contributed by atoms with E-state index in [9.17, 15) is 0 Å². The number of rotatable bonds is 7. The standard InChI is InChI=1S/C14H24N2S/c1-11(2)14(9-15-3)16(12-6-7-12)10-13-5-4-8-17-13/h4-5,8,11-12,14-15H,6-7,9-10H2,1-3H3. The Labute approximate surface area is 109 Å². The van der Waals surface area contributed by atoms with Gasteiger partial charge in [-0.3, -0.25) is 4.90 Å². The first kappa shape index (κ1) is 13.1. The molecule has 0 saturated heterocycles. The molecule has 1 aliphatic rings. The molecule has 1 aliphatic carbocycles. The summed E-state index contributed by atoms with van der Waals surface area (Å²) in [7, 11) is 2.06. The molecule has 0 aliphatic heterocycles. The first-order valence-corrected chi connectivity index (χ1v) is 7.53. The summed E-state index contributed by atoms with van der Waals surface area (Å²) >= 11 is 1.88. The Hall–Kier alpha value is -0.380. The smallest absolute Gasteiger partial charge is 0.0334 e. The van der Waals surface area contributed by atoms with Crippen molar-refractivity contribution >= 4 is 11.3 Å². The van der Waals surface area contributed by atoms with Gasteiger partial charge >= 0.3 is 0 Å². The first-order valence-electron chi connectivity index (χ1n) is 6.65. The Morgan fingerprint density at radius 1 is 1.47 bits per heavy atom. The second-order valence-corrected chi connectivity index (χ2v) is 6.38. The van der Waals surface area contributed by atoms with Gasteiger partial charge in [0.2, 0.25) is 0 Å². The van der Waals surface area contributed by atoms with Gasteiger partial charge in [-0.1, -0.05) is 19.9 Å². The van der Waals surface area contributed by atoms with E-state index in [4.69, 9.17) is 0 Å². The molecule has 3 heteroatoms. The number of hydrogen-bond acceptors (Lipinski definition) is 3. The van der Waals surface area contributed by atoms with E-state index in [2.05, 4.69) is 48.6 Å². The van der Waals surface area contributed by atoms with Gasteiger partial charge in [-0.25, -0.2) is 0 Å². The summed E-state index contributed by atoms with van der Waals surface area (Å²) < 4.78 is 0. The second kappa shape index (κ2) is 5.98. The zero-order chi connectivity index (χ0) is 12.3. The monoisotopic (exact) mass is 252 g/mol. The predicted molar refractivity (Wildman–Crippen MR) is 75.4 cm³/mol. The predicted octanol–water partition coefficient (Wildman–Crippen LogP) is 2.96. The zero-order valence-corrected chi connectivity index (χ0v) is 12.0. The lowest BCUT2D eigenvalue weighted by Crippen LogP contribution is -2.45. The van der Waals surface area contributed by atoms with Crippen molar-refractivity contribution in [1.82, 2.24) is 10.2 Å². The van der Waals surface area contributed by atoms with Gasteiger partial charge in [0.05, 0.1) is 0 Å². The molecule has 0 amide bonds. The van der Waals surface area contributed by atoms with Gasteiger partial charge in [0.25, 0.3) is 0 Å². The van der Waals surface area contributed by atoms with Gasteiger partial charge in [-0.15, -0.1) is 11.3 Å². The van der Waals surface area contributed by atoms with Gasteiger partial charge in [0, 0.05) is 30.1 Å². The van der Waals surface area contributed by atoms with Crippen LogP contribution in [0.1, 0.15) is 31.6 Å². The fourth-order valence-corrected chi connectivity index (χ4v) is 3.16. The average Bonchev–Trinajstić information content (AvgIpc) is 3.01. The molecule has 1 aromatic rings. The lowest BCUT2D eigenvalue weighted by molar-refractivity contribution is 0.137. The van der Waals surface area contributed by atoms with Crippen LogP contribution >= 0.6 is 11.3 Å². The molecule has 0 radical (unpaired) electrons. The van der Waals surface area contributed by atoms with Crippen LogP contribution in [0.25, 0.3) is 0 Å². The summed E-state index contributed by atoms with van der Waals surface area (Å²) in [6.07, 6.45) is 2.77. The minimum absolute atomic E-state index is 0.662. The van der Waals surface area contributed by atoms with E-state index < -0.39 is 0 Å². The van der Waals surface area contributed by atoms with Crippen LogP contribution in [0.5, 0.6) is 0 Å². The van der Waals surface area contributed by atoms with Crippen molar-refractivity contribution in [2.45, 2.75) is 45.3 Å². The van der Waals surface area contributed by atoms with E-state index in [1.807, 2.05) is 11.3 Å². The Kier molecular flexibility index (Phi) is 4.60. The number of nitrogens with zero attached hydrogens (tertiary/aromatic N) is 1. The van der Waals surface area contributed by atoms with Crippen LogP contribution in [-0.2, 0) is 6.54 Å². The topological polar surface area (TPSA) is 15.3 Å². The van der Waals surface area contributed by atoms with E-state index in [1.165, 1.54) is 17.7 Å². The molecular weight excluding hydrogens is 228 g/mol. The highest BCUT2D eigenvalue weighted by Crippen LogP contribution is 2.32. The van der Waals surface area contributed by atoms with Crippen LogP contribution in [0.2, 0.25) is 0 Å². The van der Waals surface area contributed by atoms with E-state index in [0.29, 0.717) is 12.0 Å². The Balaban J connectivity index is 2.04. The largest absolute Gasteiger partial charge is 0.318 e. The van der Waals surface area contributed by atoms with Crippen LogP contribution in [0, 0.1) is 5.92 Å². The minimum Gasteiger partial charge on any atom is -0.318 e. The summed E-state index contributed by atoms with van der Waals surface area (Å²) in [6, 6.07) is 5.91. The van der Waals surface area contributed by atoms with E-state index >= 15 is 0 Å². The van der Waals surface area contributed by atoms with Gasteiger partial charge in [0.1, 0.15) is 0 Å². The SMILES string of the molecule is CNCC(C(C)C)N(Cc1cccs1)C1CC1. The van der Waals surface area contributed by atoms with Crippen molar-refractivity contribution in [3.63, 3.8) is 0 Å². The third-order valence-corrected chi connectivity index (χ3v) is 4.40. The van der Waals surface area contributed by atoms with Crippen molar-refractivity contribution < 1.29 is 0 Å². The number of thiophene rings is 1. The fraction of sp³-hybridized carbons (Fsp3) is 0.714. The van der Waals surface area contributed by atoms with Crippen molar-refractivity contribution in [3.05, 3.63) is 22.4 Å². The molecule has 2 nitrogen and oxygen atoms in total. The molecule has 1 heterocycles. The van der Waals surface area contributed by atoms with E-state index in [-0.39, 0.29) is 0 Å². The molecule has 0 aromatic carbocycles. The highest BCUT2D eigenvalue weighted by molar-refractivity contribution is 7.09. The van der Waals surface area contributed by atoms with Gasteiger partial charge < -0.3 is 5.32 Å². The molecule has 17 heavy (non-hydrogen) atoms. The molecule has 1 N–H and O–H groups in total. The van der Waals surface area contributed by atoms with Gasteiger partial charge in [-0.2, -0.15) is 0 Å². The van der Waals surface area contributed by atoms with E-state index in [1.54, 1.807) is 0 Å². The molecule has 2 rings (SSSR count). The summed E-state index contributed by atoms with van der Waals surface area (Å²) in [5.74, 6) is 0.711. The number of likely N-dealkylation sites (N-methyl/N-ethyl adjacent to an activating group) is 1. The summed E-state index contributed by atoms with van der Waals surface area (Å²) in [5.41, 5.74) is 0. The highest BCUT2D eigenvalue weighted by atomic mass is 32.1. The van der Waals surface area contributed by atoms with Crippen LogP contribution in [-0.4, -0.2) is 30.6 Å². The van der Waals surface area contributed by atoms with Crippen molar-refractivity contribution in [3.8, 4) is 0 Å². The Morgan fingerprint density at radius 2 is 2.24 bits per heavy atom.